The molecule has 0 heterocycles. The summed E-state index contributed by atoms with van der Waals surface area (Å²) in [5, 5.41) is 2.93. The van der Waals surface area contributed by atoms with E-state index in [9.17, 15) is 4.79 Å². The first-order valence-electron chi connectivity index (χ1n) is 7.06. The number of amides is 1. The molecule has 0 radical (unpaired) electrons. The summed E-state index contributed by atoms with van der Waals surface area (Å²) in [6.07, 6.45) is 3.92. The van der Waals surface area contributed by atoms with Gasteiger partial charge in [-0.05, 0) is 55.2 Å². The van der Waals surface area contributed by atoms with E-state index in [2.05, 4.69) is 33.4 Å². The molecule has 1 amide bonds. The maximum atomic E-state index is 11.7. The zero-order valence-electron chi connectivity index (χ0n) is 11.5. The number of halogens is 1. The van der Waals surface area contributed by atoms with E-state index in [0.717, 1.165) is 16.6 Å². The van der Waals surface area contributed by atoms with Gasteiger partial charge < -0.3 is 11.1 Å². The third-order valence-electron chi connectivity index (χ3n) is 3.39. The lowest BCUT2D eigenvalue weighted by Gasteiger charge is -2.11. The molecular weight excluding hydrogens is 336 g/mol. The molecule has 3 N–H and O–H groups in total. The van der Waals surface area contributed by atoms with E-state index in [4.69, 9.17) is 5.73 Å². The van der Waals surface area contributed by atoms with E-state index in [1.54, 1.807) is 11.8 Å². The Morgan fingerprint density at radius 1 is 1.40 bits per heavy atom. The Hall–Kier alpha value is -0.520. The first-order chi connectivity index (χ1) is 9.65. The number of hydrogen-bond acceptors (Lipinski definition) is 3. The number of nitrogens with one attached hydrogen (secondary N) is 1. The maximum Gasteiger partial charge on any atom is 0.220 e. The zero-order chi connectivity index (χ0) is 14.4. The van der Waals surface area contributed by atoms with Crippen molar-refractivity contribution in [3.8, 4) is 0 Å². The van der Waals surface area contributed by atoms with Crippen LogP contribution in [0.3, 0.4) is 0 Å². The standard InChI is InChI=1S/C15H21BrN2OS/c16-12-5-7-13(8-6-12)20-9-1-2-15(19)18-10-14(17)11-3-4-11/h5-8,11,14H,1-4,9-10,17H2,(H,18,19). The molecule has 110 valence electrons. The second-order valence-electron chi connectivity index (χ2n) is 5.21. The quantitative estimate of drug-likeness (QED) is 0.555. The largest absolute Gasteiger partial charge is 0.355 e. The first kappa shape index (κ1) is 15.9. The third-order valence-corrected chi connectivity index (χ3v) is 5.02. The van der Waals surface area contributed by atoms with Crippen molar-refractivity contribution in [2.24, 2.45) is 11.7 Å². The number of carbonyl (C=O) groups excluding carboxylic acids is 1. The second-order valence-corrected chi connectivity index (χ2v) is 7.30. The Balaban J connectivity index is 1.53. The summed E-state index contributed by atoms with van der Waals surface area (Å²) < 4.78 is 1.09. The molecule has 0 spiro atoms. The molecule has 2 rings (SSSR count). The van der Waals surface area contributed by atoms with Gasteiger partial charge in [0.2, 0.25) is 5.91 Å². The van der Waals surface area contributed by atoms with Gasteiger partial charge >= 0.3 is 0 Å². The predicted octanol–water partition coefficient (Wildman–Crippen LogP) is 3.17. The fourth-order valence-corrected chi connectivity index (χ4v) is 3.08. The highest BCUT2D eigenvalue weighted by Crippen LogP contribution is 2.31. The van der Waals surface area contributed by atoms with Crippen molar-refractivity contribution in [1.29, 1.82) is 0 Å². The van der Waals surface area contributed by atoms with Crippen LogP contribution < -0.4 is 11.1 Å². The van der Waals surface area contributed by atoms with E-state index in [-0.39, 0.29) is 11.9 Å². The van der Waals surface area contributed by atoms with E-state index in [1.807, 2.05) is 12.1 Å². The summed E-state index contributed by atoms with van der Waals surface area (Å²) in [5.74, 6) is 1.73. The highest BCUT2D eigenvalue weighted by Gasteiger charge is 2.28. The van der Waals surface area contributed by atoms with Crippen molar-refractivity contribution in [2.75, 3.05) is 12.3 Å². The topological polar surface area (TPSA) is 55.1 Å². The van der Waals surface area contributed by atoms with Crippen LogP contribution in [-0.4, -0.2) is 24.2 Å². The summed E-state index contributed by atoms with van der Waals surface area (Å²) in [6, 6.07) is 8.39. The van der Waals surface area contributed by atoms with E-state index < -0.39 is 0 Å². The van der Waals surface area contributed by atoms with Crippen molar-refractivity contribution < 1.29 is 4.79 Å². The van der Waals surface area contributed by atoms with Crippen LogP contribution in [0.25, 0.3) is 0 Å². The molecule has 1 atom stereocenters. The summed E-state index contributed by atoms with van der Waals surface area (Å²) in [7, 11) is 0. The van der Waals surface area contributed by atoms with Gasteiger partial charge in [-0.1, -0.05) is 15.9 Å². The summed E-state index contributed by atoms with van der Waals surface area (Å²) in [4.78, 5) is 12.9. The van der Waals surface area contributed by atoms with Gasteiger partial charge in [-0.3, -0.25) is 4.79 Å². The van der Waals surface area contributed by atoms with Gasteiger partial charge in [0, 0.05) is 28.4 Å². The SMILES string of the molecule is NC(CNC(=O)CCCSc1ccc(Br)cc1)C1CC1. The van der Waals surface area contributed by atoms with Crippen molar-refractivity contribution in [2.45, 2.75) is 36.6 Å². The maximum absolute atomic E-state index is 11.7. The van der Waals surface area contributed by atoms with Gasteiger partial charge in [0.15, 0.2) is 0 Å². The summed E-state index contributed by atoms with van der Waals surface area (Å²) in [6.45, 7) is 0.628. The Bertz CT molecular complexity index is 434. The highest BCUT2D eigenvalue weighted by molar-refractivity contribution is 9.10. The molecule has 1 aromatic rings. The molecule has 0 bridgehead atoms. The normalized spacial score (nSPS) is 15.9. The minimum atomic E-state index is 0.123. The van der Waals surface area contributed by atoms with Gasteiger partial charge in [-0.25, -0.2) is 0 Å². The van der Waals surface area contributed by atoms with Crippen molar-refractivity contribution in [3.05, 3.63) is 28.7 Å². The van der Waals surface area contributed by atoms with Crippen molar-refractivity contribution in [3.63, 3.8) is 0 Å². The molecule has 1 aliphatic rings. The zero-order valence-corrected chi connectivity index (χ0v) is 13.9. The average Bonchev–Trinajstić information content (AvgIpc) is 3.27. The number of benzene rings is 1. The highest BCUT2D eigenvalue weighted by atomic mass is 79.9. The number of carbonyl (C=O) groups is 1. The molecule has 1 aromatic carbocycles. The predicted molar refractivity (Wildman–Crippen MR) is 87.8 cm³/mol. The fraction of sp³-hybridized carbons (Fsp3) is 0.533. The van der Waals surface area contributed by atoms with Crippen LogP contribution in [0.5, 0.6) is 0 Å². The van der Waals surface area contributed by atoms with Crippen molar-refractivity contribution >= 4 is 33.6 Å². The van der Waals surface area contributed by atoms with E-state index in [0.29, 0.717) is 18.9 Å². The molecule has 1 saturated carbocycles. The van der Waals surface area contributed by atoms with Crippen LogP contribution in [0, 0.1) is 5.92 Å². The number of rotatable bonds is 8. The molecule has 20 heavy (non-hydrogen) atoms. The van der Waals surface area contributed by atoms with Gasteiger partial charge in [0.25, 0.3) is 0 Å². The molecule has 0 aliphatic heterocycles. The number of nitrogens with two attached hydrogens (primary N) is 1. The molecule has 0 aromatic heterocycles. The Morgan fingerprint density at radius 2 is 2.10 bits per heavy atom. The Morgan fingerprint density at radius 3 is 2.75 bits per heavy atom. The van der Waals surface area contributed by atoms with Gasteiger partial charge in [-0.15, -0.1) is 11.8 Å². The first-order valence-corrected chi connectivity index (χ1v) is 8.83. The van der Waals surface area contributed by atoms with Crippen LogP contribution in [0.4, 0.5) is 0 Å². The minimum Gasteiger partial charge on any atom is -0.355 e. The smallest absolute Gasteiger partial charge is 0.220 e. The van der Waals surface area contributed by atoms with Gasteiger partial charge in [0.05, 0.1) is 0 Å². The monoisotopic (exact) mass is 356 g/mol. The lowest BCUT2D eigenvalue weighted by atomic mass is 10.2. The molecule has 1 unspecified atom stereocenters. The average molecular weight is 357 g/mol. The molecule has 5 heteroatoms. The Kier molecular flexibility index (Phi) is 6.39. The summed E-state index contributed by atoms with van der Waals surface area (Å²) in [5.41, 5.74) is 5.95. The van der Waals surface area contributed by atoms with Crippen LogP contribution in [0.2, 0.25) is 0 Å². The lowest BCUT2D eigenvalue weighted by molar-refractivity contribution is -0.121. The summed E-state index contributed by atoms with van der Waals surface area (Å²) >= 11 is 5.20. The van der Waals surface area contributed by atoms with Crippen LogP contribution in [0.1, 0.15) is 25.7 Å². The van der Waals surface area contributed by atoms with Crippen LogP contribution >= 0.6 is 27.7 Å². The fourth-order valence-electron chi connectivity index (χ4n) is 1.96. The second kappa shape index (κ2) is 8.05. The lowest BCUT2D eigenvalue weighted by Crippen LogP contribution is -2.38. The molecule has 0 saturated heterocycles. The molecule has 3 nitrogen and oxygen atoms in total. The van der Waals surface area contributed by atoms with Gasteiger partial charge in [0.1, 0.15) is 0 Å². The van der Waals surface area contributed by atoms with Crippen LogP contribution in [0.15, 0.2) is 33.6 Å². The van der Waals surface area contributed by atoms with E-state index in [1.165, 1.54) is 17.7 Å². The molecular formula is C15H21BrN2OS. The third kappa shape index (κ3) is 5.85. The van der Waals surface area contributed by atoms with Crippen molar-refractivity contribution in [1.82, 2.24) is 5.32 Å². The minimum absolute atomic E-state index is 0.123. The van der Waals surface area contributed by atoms with Gasteiger partial charge in [-0.2, -0.15) is 0 Å². The van der Waals surface area contributed by atoms with E-state index >= 15 is 0 Å². The number of hydrogen-bond donors (Lipinski definition) is 2. The molecule has 1 fully saturated rings. The Labute approximate surface area is 133 Å². The van der Waals surface area contributed by atoms with Crippen LogP contribution in [-0.2, 0) is 4.79 Å². The number of thioether (sulfide) groups is 1. The molecule has 1 aliphatic carbocycles.